The highest BCUT2D eigenvalue weighted by Gasteiger charge is 2.45. The van der Waals surface area contributed by atoms with Crippen LogP contribution in [0.25, 0.3) is 0 Å². The number of halogens is 4. The number of aryl methyl sites for hydroxylation is 1. The fourth-order valence-corrected chi connectivity index (χ4v) is 2.92. The molecule has 1 aliphatic rings. The summed E-state index contributed by atoms with van der Waals surface area (Å²) in [6, 6.07) is 2.49. The summed E-state index contributed by atoms with van der Waals surface area (Å²) in [5.74, 6) is -1.41. The summed E-state index contributed by atoms with van der Waals surface area (Å²) in [6.45, 7) is 1.56. The van der Waals surface area contributed by atoms with Gasteiger partial charge in [0.15, 0.2) is 0 Å². The lowest BCUT2D eigenvalue weighted by atomic mass is 10.1. The van der Waals surface area contributed by atoms with Gasteiger partial charge in [-0.15, -0.1) is 11.8 Å². The SMILES string of the molecule is C/N=C/C1(/C(N)=N/c2cc(SCC(F)(F)F)c(C)cc2F)CC1. The van der Waals surface area contributed by atoms with Crippen LogP contribution in [-0.2, 0) is 0 Å². The molecular weight excluding hydrogens is 330 g/mol. The minimum atomic E-state index is -4.29. The molecule has 0 unspecified atom stereocenters. The summed E-state index contributed by atoms with van der Waals surface area (Å²) in [7, 11) is 1.62. The average molecular weight is 347 g/mol. The van der Waals surface area contributed by atoms with Crippen LogP contribution in [0.1, 0.15) is 18.4 Å². The highest BCUT2D eigenvalue weighted by molar-refractivity contribution is 7.99. The summed E-state index contributed by atoms with van der Waals surface area (Å²) in [5.41, 5.74) is 5.89. The zero-order valence-electron chi connectivity index (χ0n) is 12.7. The largest absolute Gasteiger partial charge is 0.398 e. The fraction of sp³-hybridized carbons (Fsp3) is 0.467. The van der Waals surface area contributed by atoms with E-state index in [0.29, 0.717) is 22.2 Å². The van der Waals surface area contributed by atoms with Crippen LogP contribution in [0.2, 0.25) is 0 Å². The van der Waals surface area contributed by atoms with E-state index >= 15 is 0 Å². The van der Waals surface area contributed by atoms with Crippen LogP contribution in [0.4, 0.5) is 23.2 Å². The maximum absolute atomic E-state index is 14.0. The molecule has 8 heteroatoms. The predicted octanol–water partition coefficient (Wildman–Crippen LogP) is 4.26. The van der Waals surface area contributed by atoms with Crippen LogP contribution in [0.5, 0.6) is 0 Å². The summed E-state index contributed by atoms with van der Waals surface area (Å²) in [6.07, 6.45) is -1.05. The van der Waals surface area contributed by atoms with Crippen molar-refractivity contribution in [1.82, 2.24) is 0 Å². The van der Waals surface area contributed by atoms with Crippen molar-refractivity contribution in [2.24, 2.45) is 21.1 Å². The van der Waals surface area contributed by atoms with Crippen molar-refractivity contribution in [3.63, 3.8) is 0 Å². The van der Waals surface area contributed by atoms with Gasteiger partial charge in [0, 0.05) is 18.2 Å². The molecule has 2 N–H and O–H groups in total. The third-order valence-corrected chi connectivity index (χ3v) is 4.77. The lowest BCUT2D eigenvalue weighted by molar-refractivity contribution is -0.105. The van der Waals surface area contributed by atoms with Gasteiger partial charge in [-0.05, 0) is 37.5 Å². The summed E-state index contributed by atoms with van der Waals surface area (Å²) in [5, 5.41) is 0. The molecule has 0 saturated heterocycles. The Morgan fingerprint density at radius 1 is 1.39 bits per heavy atom. The van der Waals surface area contributed by atoms with Crippen molar-refractivity contribution < 1.29 is 17.6 Å². The van der Waals surface area contributed by atoms with E-state index in [-0.39, 0.29) is 11.5 Å². The van der Waals surface area contributed by atoms with Crippen LogP contribution in [-0.4, -0.2) is 31.0 Å². The normalized spacial score (nSPS) is 17.7. The maximum Gasteiger partial charge on any atom is 0.398 e. The number of nitrogens with two attached hydrogens (primary N) is 1. The Balaban J connectivity index is 2.29. The van der Waals surface area contributed by atoms with E-state index in [4.69, 9.17) is 5.73 Å². The number of hydrogen-bond acceptors (Lipinski definition) is 3. The van der Waals surface area contributed by atoms with Crippen molar-refractivity contribution in [2.45, 2.75) is 30.8 Å². The number of thioether (sulfide) groups is 1. The quantitative estimate of drug-likeness (QED) is 0.374. The third-order valence-electron chi connectivity index (χ3n) is 3.55. The molecule has 23 heavy (non-hydrogen) atoms. The van der Waals surface area contributed by atoms with Crippen molar-refractivity contribution >= 4 is 29.5 Å². The van der Waals surface area contributed by atoms with Crippen molar-refractivity contribution in [1.29, 1.82) is 0 Å². The number of alkyl halides is 3. The summed E-state index contributed by atoms with van der Waals surface area (Å²) in [4.78, 5) is 8.36. The second kappa shape index (κ2) is 6.51. The second-order valence-electron chi connectivity index (χ2n) is 5.51. The van der Waals surface area contributed by atoms with Gasteiger partial charge in [0.25, 0.3) is 0 Å². The minimum Gasteiger partial charge on any atom is -0.386 e. The second-order valence-corrected chi connectivity index (χ2v) is 6.53. The first kappa shape index (κ1) is 17.8. The van der Waals surface area contributed by atoms with Crippen LogP contribution in [0, 0.1) is 18.2 Å². The molecule has 1 aromatic rings. The molecule has 1 aliphatic carbocycles. The van der Waals surface area contributed by atoms with Gasteiger partial charge in [-0.3, -0.25) is 4.99 Å². The van der Waals surface area contributed by atoms with Gasteiger partial charge in [-0.25, -0.2) is 9.38 Å². The van der Waals surface area contributed by atoms with Gasteiger partial charge in [0.2, 0.25) is 0 Å². The molecule has 126 valence electrons. The number of benzene rings is 1. The van der Waals surface area contributed by atoms with Gasteiger partial charge < -0.3 is 5.73 Å². The Hall–Kier alpha value is -1.57. The van der Waals surface area contributed by atoms with Crippen LogP contribution >= 0.6 is 11.8 Å². The lowest BCUT2D eigenvalue weighted by Crippen LogP contribution is -2.26. The highest BCUT2D eigenvalue weighted by Crippen LogP contribution is 2.45. The molecule has 0 radical (unpaired) electrons. The van der Waals surface area contributed by atoms with Crippen molar-refractivity contribution in [2.75, 3.05) is 12.8 Å². The van der Waals surface area contributed by atoms with Crippen LogP contribution in [0.3, 0.4) is 0 Å². The molecule has 0 heterocycles. The van der Waals surface area contributed by atoms with Gasteiger partial charge in [0.1, 0.15) is 17.3 Å². The maximum atomic E-state index is 14.0. The topological polar surface area (TPSA) is 50.7 Å². The van der Waals surface area contributed by atoms with Gasteiger partial charge in [-0.1, -0.05) is 0 Å². The zero-order chi connectivity index (χ0) is 17.3. The Morgan fingerprint density at radius 3 is 2.57 bits per heavy atom. The minimum absolute atomic E-state index is 0.0476. The molecule has 1 fully saturated rings. The van der Waals surface area contributed by atoms with Gasteiger partial charge >= 0.3 is 6.18 Å². The van der Waals surface area contributed by atoms with E-state index in [1.54, 1.807) is 20.2 Å². The predicted molar refractivity (Wildman–Crippen MR) is 85.3 cm³/mol. The summed E-state index contributed by atoms with van der Waals surface area (Å²) >= 11 is 0.609. The van der Waals surface area contributed by atoms with Crippen molar-refractivity contribution in [3.8, 4) is 0 Å². The molecule has 0 aliphatic heterocycles. The standard InChI is InChI=1S/C15H17F4N3S/c1-9-5-10(16)11(6-12(9)23-8-15(17,18)19)22-13(20)14(3-4-14)7-21-2/h5-7H,3-4,8H2,1-2H3,(H2,20,22)/b21-7+. The van der Waals surface area contributed by atoms with E-state index in [1.807, 2.05) is 0 Å². The lowest BCUT2D eigenvalue weighted by Gasteiger charge is -2.12. The first-order valence-electron chi connectivity index (χ1n) is 6.94. The molecule has 0 bridgehead atoms. The van der Waals surface area contributed by atoms with E-state index in [0.717, 1.165) is 12.8 Å². The first-order valence-corrected chi connectivity index (χ1v) is 7.93. The molecule has 1 saturated carbocycles. The van der Waals surface area contributed by atoms with Gasteiger partial charge in [-0.2, -0.15) is 13.2 Å². The Labute approximate surface area is 136 Å². The third kappa shape index (κ3) is 4.46. The van der Waals surface area contributed by atoms with E-state index in [9.17, 15) is 17.6 Å². The Morgan fingerprint density at radius 2 is 2.04 bits per heavy atom. The van der Waals surface area contributed by atoms with Crippen molar-refractivity contribution in [3.05, 3.63) is 23.5 Å². The average Bonchev–Trinajstić information content (AvgIpc) is 3.21. The fourth-order valence-electron chi connectivity index (χ4n) is 2.12. The Bertz CT molecular complexity index is 649. The van der Waals surface area contributed by atoms with Gasteiger partial charge in [0.05, 0.1) is 11.2 Å². The molecule has 0 amide bonds. The summed E-state index contributed by atoms with van der Waals surface area (Å²) < 4.78 is 51.1. The van der Waals surface area contributed by atoms with Crippen LogP contribution < -0.4 is 5.73 Å². The van der Waals surface area contributed by atoms with E-state index < -0.39 is 23.2 Å². The molecule has 0 atom stereocenters. The van der Waals surface area contributed by atoms with E-state index in [2.05, 4.69) is 9.98 Å². The molecule has 1 aromatic carbocycles. The number of nitrogens with zero attached hydrogens (tertiary/aromatic N) is 2. The number of rotatable bonds is 5. The number of aliphatic imine (C=N–C) groups is 2. The molecule has 3 nitrogen and oxygen atoms in total. The monoisotopic (exact) mass is 347 g/mol. The molecular formula is C15H17F4N3S. The smallest absolute Gasteiger partial charge is 0.386 e. The zero-order valence-corrected chi connectivity index (χ0v) is 13.6. The first-order chi connectivity index (χ1) is 10.7. The Kier molecular flexibility index (Phi) is 5.03. The highest BCUT2D eigenvalue weighted by atomic mass is 32.2. The number of amidine groups is 1. The number of hydrogen-bond donors (Lipinski definition) is 1. The molecule has 2 rings (SSSR count). The van der Waals surface area contributed by atoms with Crippen LogP contribution in [0.15, 0.2) is 27.0 Å². The van der Waals surface area contributed by atoms with E-state index in [1.165, 1.54) is 12.1 Å². The molecule has 0 spiro atoms. The molecule has 0 aromatic heterocycles.